The monoisotopic (exact) mass is 301 g/mol. The van der Waals surface area contributed by atoms with E-state index in [0.29, 0.717) is 13.1 Å². The van der Waals surface area contributed by atoms with Crippen LogP contribution >= 0.6 is 0 Å². The number of hydrogen-bond acceptors (Lipinski definition) is 5. The minimum atomic E-state index is -0.469. The van der Waals surface area contributed by atoms with Crippen LogP contribution in [0.25, 0.3) is 11.3 Å². The number of likely N-dealkylation sites (tertiary alicyclic amines) is 1. The summed E-state index contributed by atoms with van der Waals surface area (Å²) in [6.07, 6.45) is 5.07. The van der Waals surface area contributed by atoms with Crippen molar-refractivity contribution in [2.24, 2.45) is 0 Å². The second-order valence-corrected chi connectivity index (χ2v) is 6.36. The molecule has 1 fully saturated rings. The number of ether oxygens (including phenoxy) is 1. The Morgan fingerprint density at radius 3 is 2.77 bits per heavy atom. The van der Waals surface area contributed by atoms with Crippen molar-refractivity contribution >= 4 is 6.09 Å². The zero-order valence-electron chi connectivity index (χ0n) is 12.9. The van der Waals surface area contributed by atoms with Gasteiger partial charge >= 0.3 is 6.09 Å². The molecule has 1 aliphatic heterocycles. The minimum absolute atomic E-state index is 0.144. The molecule has 1 amide bonds. The SMILES string of the molecule is CC(C)(C)OC(=O)N1CC(n2cc(-c3cccnc3)nn2)C1. The second kappa shape index (κ2) is 5.40. The van der Waals surface area contributed by atoms with Gasteiger partial charge in [0.05, 0.1) is 12.2 Å². The number of pyridine rings is 1. The normalized spacial score (nSPS) is 15.5. The Morgan fingerprint density at radius 1 is 1.36 bits per heavy atom. The van der Waals surface area contributed by atoms with Crippen LogP contribution in [0.15, 0.2) is 30.7 Å². The summed E-state index contributed by atoms with van der Waals surface area (Å²) in [5.41, 5.74) is 1.24. The first kappa shape index (κ1) is 14.5. The van der Waals surface area contributed by atoms with E-state index in [-0.39, 0.29) is 12.1 Å². The lowest BCUT2D eigenvalue weighted by Crippen LogP contribution is -2.52. The molecule has 7 heteroatoms. The van der Waals surface area contributed by atoms with Gasteiger partial charge in [0.1, 0.15) is 11.3 Å². The van der Waals surface area contributed by atoms with E-state index in [9.17, 15) is 4.79 Å². The van der Waals surface area contributed by atoms with Crippen molar-refractivity contribution in [2.75, 3.05) is 13.1 Å². The highest BCUT2D eigenvalue weighted by Gasteiger charge is 2.35. The van der Waals surface area contributed by atoms with Crippen LogP contribution in [0, 0.1) is 0 Å². The second-order valence-electron chi connectivity index (χ2n) is 6.36. The average molecular weight is 301 g/mol. The van der Waals surface area contributed by atoms with Crippen LogP contribution in [-0.4, -0.2) is 49.7 Å². The van der Waals surface area contributed by atoms with Gasteiger partial charge in [-0.25, -0.2) is 9.48 Å². The number of nitrogens with zero attached hydrogens (tertiary/aromatic N) is 5. The van der Waals surface area contributed by atoms with Crippen molar-refractivity contribution in [3.05, 3.63) is 30.7 Å². The summed E-state index contributed by atoms with van der Waals surface area (Å²) in [6, 6.07) is 3.95. The third-order valence-electron chi connectivity index (χ3n) is 3.36. The summed E-state index contributed by atoms with van der Waals surface area (Å²) in [4.78, 5) is 17.6. The van der Waals surface area contributed by atoms with Crippen molar-refractivity contribution in [2.45, 2.75) is 32.4 Å². The zero-order valence-corrected chi connectivity index (χ0v) is 12.9. The van der Waals surface area contributed by atoms with E-state index in [4.69, 9.17) is 4.74 Å². The summed E-state index contributed by atoms with van der Waals surface area (Å²) in [6.45, 7) is 6.76. The van der Waals surface area contributed by atoms with Gasteiger partial charge in [-0.3, -0.25) is 4.98 Å². The smallest absolute Gasteiger partial charge is 0.410 e. The van der Waals surface area contributed by atoms with Gasteiger partial charge in [0.25, 0.3) is 0 Å². The van der Waals surface area contributed by atoms with E-state index in [1.165, 1.54) is 0 Å². The van der Waals surface area contributed by atoms with E-state index in [1.54, 1.807) is 22.0 Å². The molecule has 3 rings (SSSR count). The molecule has 0 saturated carbocycles. The molecule has 0 aliphatic carbocycles. The Balaban J connectivity index is 1.60. The van der Waals surface area contributed by atoms with Crippen molar-refractivity contribution < 1.29 is 9.53 Å². The molecule has 2 aromatic rings. The van der Waals surface area contributed by atoms with Crippen molar-refractivity contribution in [1.29, 1.82) is 0 Å². The molecule has 0 bridgehead atoms. The van der Waals surface area contributed by atoms with Crippen LogP contribution in [0.5, 0.6) is 0 Å². The van der Waals surface area contributed by atoms with Gasteiger partial charge in [-0.2, -0.15) is 0 Å². The molecule has 1 aliphatic rings. The van der Waals surface area contributed by atoms with Crippen LogP contribution in [0.2, 0.25) is 0 Å². The molecule has 0 N–H and O–H groups in total. The van der Waals surface area contributed by atoms with Gasteiger partial charge < -0.3 is 9.64 Å². The van der Waals surface area contributed by atoms with Crippen LogP contribution < -0.4 is 0 Å². The highest BCUT2D eigenvalue weighted by Crippen LogP contribution is 2.24. The maximum atomic E-state index is 11.9. The van der Waals surface area contributed by atoms with Gasteiger partial charge in [0, 0.05) is 31.0 Å². The number of carbonyl (C=O) groups excluding carboxylic acids is 1. The number of amides is 1. The first-order chi connectivity index (χ1) is 10.4. The maximum absolute atomic E-state index is 11.9. The quantitative estimate of drug-likeness (QED) is 0.849. The summed E-state index contributed by atoms with van der Waals surface area (Å²) in [5, 5.41) is 8.30. The maximum Gasteiger partial charge on any atom is 0.410 e. The predicted molar refractivity (Wildman–Crippen MR) is 80.1 cm³/mol. The fourth-order valence-corrected chi connectivity index (χ4v) is 2.20. The number of hydrogen-bond donors (Lipinski definition) is 0. The first-order valence-corrected chi connectivity index (χ1v) is 7.22. The number of rotatable bonds is 2. The Hall–Kier alpha value is -2.44. The molecule has 116 valence electrons. The van der Waals surface area contributed by atoms with Crippen molar-refractivity contribution in [1.82, 2.24) is 24.9 Å². The van der Waals surface area contributed by atoms with E-state index in [2.05, 4.69) is 15.3 Å². The van der Waals surface area contributed by atoms with E-state index in [1.807, 2.05) is 39.1 Å². The largest absolute Gasteiger partial charge is 0.444 e. The van der Waals surface area contributed by atoms with Gasteiger partial charge in [-0.1, -0.05) is 5.21 Å². The highest BCUT2D eigenvalue weighted by molar-refractivity contribution is 5.69. The topological polar surface area (TPSA) is 73.1 Å². The molecule has 0 atom stereocenters. The van der Waals surface area contributed by atoms with Crippen molar-refractivity contribution in [3.63, 3.8) is 0 Å². The third kappa shape index (κ3) is 3.08. The van der Waals surface area contributed by atoms with Crippen LogP contribution in [0.3, 0.4) is 0 Å². The summed E-state index contributed by atoms with van der Waals surface area (Å²) >= 11 is 0. The van der Waals surface area contributed by atoms with Gasteiger partial charge in [0.15, 0.2) is 0 Å². The average Bonchev–Trinajstić information content (AvgIpc) is 2.85. The fourth-order valence-electron chi connectivity index (χ4n) is 2.20. The molecular formula is C15H19N5O2. The van der Waals surface area contributed by atoms with Gasteiger partial charge in [0.2, 0.25) is 0 Å². The number of carbonyl (C=O) groups is 1. The van der Waals surface area contributed by atoms with Crippen LogP contribution in [0.1, 0.15) is 26.8 Å². The molecule has 0 radical (unpaired) electrons. The summed E-state index contributed by atoms with van der Waals surface area (Å²) < 4.78 is 7.13. The standard InChI is InChI=1S/C15H19N5O2/c1-15(2,3)22-14(21)19-8-12(9-19)20-10-13(17-18-20)11-5-4-6-16-7-11/h4-7,10,12H,8-9H2,1-3H3. The molecule has 0 unspecified atom stereocenters. The van der Waals surface area contributed by atoms with Crippen LogP contribution in [-0.2, 0) is 4.74 Å². The lowest BCUT2D eigenvalue weighted by molar-refractivity contribution is -0.000610. The molecule has 1 saturated heterocycles. The van der Waals surface area contributed by atoms with Gasteiger partial charge in [-0.15, -0.1) is 5.10 Å². The molecule has 3 heterocycles. The van der Waals surface area contributed by atoms with Gasteiger partial charge in [-0.05, 0) is 32.9 Å². The van der Waals surface area contributed by atoms with Crippen LogP contribution in [0.4, 0.5) is 4.79 Å². The molecule has 22 heavy (non-hydrogen) atoms. The lowest BCUT2D eigenvalue weighted by atomic mass is 10.1. The Kier molecular flexibility index (Phi) is 3.56. The van der Waals surface area contributed by atoms with E-state index < -0.39 is 5.60 Å². The van der Waals surface area contributed by atoms with E-state index in [0.717, 1.165) is 11.3 Å². The summed E-state index contributed by atoms with van der Waals surface area (Å²) in [5.74, 6) is 0. The number of aromatic nitrogens is 4. The molecule has 0 aromatic carbocycles. The summed E-state index contributed by atoms with van der Waals surface area (Å²) in [7, 11) is 0. The Labute approximate surface area is 128 Å². The molecule has 2 aromatic heterocycles. The minimum Gasteiger partial charge on any atom is -0.444 e. The molecular weight excluding hydrogens is 282 g/mol. The highest BCUT2D eigenvalue weighted by atomic mass is 16.6. The zero-order chi connectivity index (χ0) is 15.7. The Morgan fingerprint density at radius 2 is 2.14 bits per heavy atom. The fraction of sp³-hybridized carbons (Fsp3) is 0.467. The van der Waals surface area contributed by atoms with Crippen molar-refractivity contribution in [3.8, 4) is 11.3 Å². The lowest BCUT2D eigenvalue weighted by Gasteiger charge is -2.39. The third-order valence-corrected chi connectivity index (χ3v) is 3.36. The first-order valence-electron chi connectivity index (χ1n) is 7.22. The Bertz CT molecular complexity index is 656. The predicted octanol–water partition coefficient (Wildman–Crippen LogP) is 2.13. The molecule has 0 spiro atoms. The van der Waals surface area contributed by atoms with E-state index >= 15 is 0 Å². The molecule has 7 nitrogen and oxygen atoms in total.